The molecular weight excluding hydrogens is 264 g/mol. The van der Waals surface area contributed by atoms with Crippen LogP contribution in [0.3, 0.4) is 0 Å². The van der Waals surface area contributed by atoms with Crippen LogP contribution in [0.1, 0.15) is 24.9 Å². The first kappa shape index (κ1) is 13.9. The molecular formula is C13H16N2O3S. The Bertz CT molecular complexity index is 466. The van der Waals surface area contributed by atoms with Crippen molar-refractivity contribution >= 4 is 23.6 Å². The zero-order valence-electron chi connectivity index (χ0n) is 10.7. The van der Waals surface area contributed by atoms with Crippen molar-refractivity contribution in [2.75, 3.05) is 12.3 Å². The second kappa shape index (κ2) is 6.06. The van der Waals surface area contributed by atoms with Gasteiger partial charge in [-0.3, -0.25) is 14.6 Å². The predicted octanol–water partition coefficient (Wildman–Crippen LogP) is 1.56. The highest BCUT2D eigenvalue weighted by molar-refractivity contribution is 8.01. The summed E-state index contributed by atoms with van der Waals surface area (Å²) in [6.45, 7) is 2.55. The van der Waals surface area contributed by atoms with Crippen LogP contribution in [0.15, 0.2) is 24.5 Å². The zero-order chi connectivity index (χ0) is 13.8. The van der Waals surface area contributed by atoms with Gasteiger partial charge in [0.05, 0.1) is 11.8 Å². The van der Waals surface area contributed by atoms with Gasteiger partial charge in [0.1, 0.15) is 5.25 Å². The molecule has 0 saturated carbocycles. The number of rotatable bonds is 4. The van der Waals surface area contributed by atoms with Crippen LogP contribution < -0.4 is 0 Å². The van der Waals surface area contributed by atoms with Crippen molar-refractivity contribution in [2.45, 2.75) is 24.6 Å². The van der Waals surface area contributed by atoms with E-state index in [4.69, 9.17) is 0 Å². The molecule has 0 aromatic carbocycles. The molecule has 6 heteroatoms. The van der Waals surface area contributed by atoms with E-state index in [0.29, 0.717) is 6.54 Å². The number of carbonyl (C=O) groups is 2. The molecule has 0 aliphatic carbocycles. The van der Waals surface area contributed by atoms with Gasteiger partial charge in [-0.25, -0.2) is 0 Å². The van der Waals surface area contributed by atoms with Crippen molar-refractivity contribution < 1.29 is 14.7 Å². The van der Waals surface area contributed by atoms with Gasteiger partial charge < -0.3 is 10.0 Å². The minimum absolute atomic E-state index is 0.00166. The Kier molecular flexibility index (Phi) is 4.42. The van der Waals surface area contributed by atoms with Crippen LogP contribution >= 0.6 is 11.8 Å². The standard InChI is InChI=1S/C13H16N2O3S/c1-2-6-15-10(16)8-19-12(13(17)18)11(15)9-4-3-5-14-7-9/h3-5,7,11-12H,2,6,8H2,1H3,(H,17,18). The monoisotopic (exact) mass is 280 g/mol. The number of hydrogen-bond acceptors (Lipinski definition) is 4. The van der Waals surface area contributed by atoms with E-state index in [1.807, 2.05) is 13.0 Å². The molecule has 5 nitrogen and oxygen atoms in total. The van der Waals surface area contributed by atoms with Gasteiger partial charge in [-0.15, -0.1) is 11.8 Å². The van der Waals surface area contributed by atoms with E-state index in [2.05, 4.69) is 4.98 Å². The smallest absolute Gasteiger partial charge is 0.319 e. The van der Waals surface area contributed by atoms with E-state index in [1.54, 1.807) is 23.4 Å². The second-order valence-corrected chi connectivity index (χ2v) is 5.52. The van der Waals surface area contributed by atoms with E-state index in [0.717, 1.165) is 12.0 Å². The first-order valence-electron chi connectivity index (χ1n) is 6.19. The summed E-state index contributed by atoms with van der Waals surface area (Å²) in [5.41, 5.74) is 0.781. The first-order valence-corrected chi connectivity index (χ1v) is 7.23. The third-order valence-corrected chi connectivity index (χ3v) is 4.30. The number of aromatic nitrogens is 1. The fourth-order valence-electron chi connectivity index (χ4n) is 2.27. The average molecular weight is 280 g/mol. The Balaban J connectivity index is 2.38. The van der Waals surface area contributed by atoms with Gasteiger partial charge in [-0.1, -0.05) is 13.0 Å². The summed E-state index contributed by atoms with van der Waals surface area (Å²) in [6.07, 6.45) is 4.09. The number of pyridine rings is 1. The van der Waals surface area contributed by atoms with E-state index in [-0.39, 0.29) is 11.7 Å². The van der Waals surface area contributed by atoms with Gasteiger partial charge in [-0.2, -0.15) is 0 Å². The van der Waals surface area contributed by atoms with Crippen molar-refractivity contribution in [3.63, 3.8) is 0 Å². The lowest BCUT2D eigenvalue weighted by atomic mass is 10.0. The summed E-state index contributed by atoms with van der Waals surface area (Å²) in [4.78, 5) is 29.1. The number of nitrogens with zero attached hydrogens (tertiary/aromatic N) is 2. The molecule has 1 saturated heterocycles. The molecule has 2 heterocycles. The van der Waals surface area contributed by atoms with Crippen molar-refractivity contribution in [1.82, 2.24) is 9.88 Å². The summed E-state index contributed by atoms with van der Waals surface area (Å²) in [5, 5.41) is 8.73. The van der Waals surface area contributed by atoms with Gasteiger partial charge in [-0.05, 0) is 18.1 Å². The molecule has 1 aliphatic heterocycles. The highest BCUT2D eigenvalue weighted by atomic mass is 32.2. The van der Waals surface area contributed by atoms with Crippen molar-refractivity contribution in [3.05, 3.63) is 30.1 Å². The average Bonchev–Trinajstić information content (AvgIpc) is 2.41. The normalized spacial score (nSPS) is 23.4. The molecule has 102 valence electrons. The van der Waals surface area contributed by atoms with Crippen LogP contribution in [0.4, 0.5) is 0 Å². The van der Waals surface area contributed by atoms with Crippen molar-refractivity contribution in [2.24, 2.45) is 0 Å². The Hall–Kier alpha value is -1.56. The van der Waals surface area contributed by atoms with E-state index in [1.165, 1.54) is 11.8 Å². The SMILES string of the molecule is CCCN1C(=O)CSC(C(=O)O)C1c1cccnc1. The summed E-state index contributed by atoms with van der Waals surface area (Å²) in [5.74, 6) is -0.654. The third kappa shape index (κ3) is 2.89. The van der Waals surface area contributed by atoms with Gasteiger partial charge >= 0.3 is 5.97 Å². The van der Waals surface area contributed by atoms with Crippen LogP contribution in [-0.4, -0.2) is 44.4 Å². The first-order chi connectivity index (χ1) is 9.15. The Morgan fingerprint density at radius 2 is 2.42 bits per heavy atom. The van der Waals surface area contributed by atoms with E-state index in [9.17, 15) is 14.7 Å². The van der Waals surface area contributed by atoms with Gasteiger partial charge in [0, 0.05) is 18.9 Å². The Morgan fingerprint density at radius 1 is 1.63 bits per heavy atom. The number of amides is 1. The zero-order valence-corrected chi connectivity index (χ0v) is 11.5. The molecule has 0 radical (unpaired) electrons. The van der Waals surface area contributed by atoms with Crippen LogP contribution in [0.25, 0.3) is 0 Å². The fourth-order valence-corrected chi connectivity index (χ4v) is 3.39. The summed E-state index contributed by atoms with van der Waals surface area (Å²) < 4.78 is 0. The maximum Gasteiger partial charge on any atom is 0.319 e. The Labute approximate surface area is 116 Å². The molecule has 1 fully saturated rings. The van der Waals surface area contributed by atoms with Gasteiger partial charge in [0.25, 0.3) is 0 Å². The molecule has 1 aliphatic rings. The number of hydrogen-bond donors (Lipinski definition) is 1. The van der Waals surface area contributed by atoms with Crippen LogP contribution in [0, 0.1) is 0 Å². The van der Waals surface area contributed by atoms with Gasteiger partial charge in [0.2, 0.25) is 5.91 Å². The van der Waals surface area contributed by atoms with Gasteiger partial charge in [0.15, 0.2) is 0 Å². The number of thioether (sulfide) groups is 1. The Morgan fingerprint density at radius 3 is 3.00 bits per heavy atom. The fraction of sp³-hybridized carbons (Fsp3) is 0.462. The van der Waals surface area contributed by atoms with E-state index < -0.39 is 17.3 Å². The predicted molar refractivity (Wildman–Crippen MR) is 72.9 cm³/mol. The minimum atomic E-state index is -0.882. The molecule has 1 aromatic heterocycles. The third-order valence-electron chi connectivity index (χ3n) is 3.06. The number of aliphatic carboxylic acids is 1. The molecule has 19 heavy (non-hydrogen) atoms. The molecule has 2 rings (SSSR count). The quantitative estimate of drug-likeness (QED) is 0.906. The lowest BCUT2D eigenvalue weighted by Gasteiger charge is -2.39. The number of carboxylic acid groups (broad SMARTS) is 1. The molecule has 2 unspecified atom stereocenters. The molecule has 2 atom stereocenters. The van der Waals surface area contributed by atoms with Crippen molar-refractivity contribution in [3.8, 4) is 0 Å². The molecule has 0 bridgehead atoms. The molecule has 0 spiro atoms. The summed E-state index contributed by atoms with van der Waals surface area (Å²) in [6, 6.07) is 3.16. The summed E-state index contributed by atoms with van der Waals surface area (Å²) >= 11 is 1.19. The highest BCUT2D eigenvalue weighted by Crippen LogP contribution is 2.36. The lowest BCUT2D eigenvalue weighted by molar-refractivity contribution is -0.140. The van der Waals surface area contributed by atoms with Crippen LogP contribution in [-0.2, 0) is 9.59 Å². The molecule has 1 N–H and O–H groups in total. The lowest BCUT2D eigenvalue weighted by Crippen LogP contribution is -2.48. The maximum absolute atomic E-state index is 12.0. The van der Waals surface area contributed by atoms with Crippen LogP contribution in [0.5, 0.6) is 0 Å². The highest BCUT2D eigenvalue weighted by Gasteiger charge is 2.41. The molecule has 1 amide bonds. The minimum Gasteiger partial charge on any atom is -0.480 e. The maximum atomic E-state index is 12.0. The number of carbonyl (C=O) groups excluding carboxylic acids is 1. The second-order valence-electron chi connectivity index (χ2n) is 4.39. The molecule has 1 aromatic rings. The number of carboxylic acids is 1. The summed E-state index contributed by atoms with van der Waals surface area (Å²) in [7, 11) is 0. The topological polar surface area (TPSA) is 70.5 Å². The largest absolute Gasteiger partial charge is 0.480 e. The van der Waals surface area contributed by atoms with Crippen LogP contribution in [0.2, 0.25) is 0 Å². The van der Waals surface area contributed by atoms with E-state index >= 15 is 0 Å². The van der Waals surface area contributed by atoms with Crippen molar-refractivity contribution in [1.29, 1.82) is 0 Å².